The Morgan fingerprint density at radius 3 is 2.67 bits per heavy atom. The fourth-order valence-electron chi connectivity index (χ4n) is 1.19. The van der Waals surface area contributed by atoms with Crippen LogP contribution in [0.4, 0.5) is 0 Å². The number of rotatable bonds is 5. The first-order valence-corrected chi connectivity index (χ1v) is 6.14. The van der Waals surface area contributed by atoms with Gasteiger partial charge in [0.15, 0.2) is 0 Å². The van der Waals surface area contributed by atoms with Crippen molar-refractivity contribution < 1.29 is 0 Å². The van der Waals surface area contributed by atoms with Crippen LogP contribution in [0.15, 0.2) is 12.1 Å². The number of nitrogens with zero attached hydrogens (tertiary/aromatic N) is 1. The van der Waals surface area contributed by atoms with Crippen LogP contribution in [-0.2, 0) is 6.54 Å². The molecule has 15 heavy (non-hydrogen) atoms. The summed E-state index contributed by atoms with van der Waals surface area (Å²) in [6, 6.07) is 6.06. The molecule has 1 atom stereocenters. The van der Waals surface area contributed by atoms with Gasteiger partial charge in [0, 0.05) is 11.4 Å². The van der Waals surface area contributed by atoms with E-state index in [-0.39, 0.29) is 0 Å². The molecular formula is C12H18N2S. The fraction of sp³-hybridized carbons (Fsp3) is 0.583. The molecule has 0 bridgehead atoms. The first-order valence-electron chi connectivity index (χ1n) is 5.33. The highest BCUT2D eigenvalue weighted by Crippen LogP contribution is 2.15. The van der Waals surface area contributed by atoms with Crippen molar-refractivity contribution in [3.05, 3.63) is 21.9 Å². The van der Waals surface area contributed by atoms with E-state index in [0.29, 0.717) is 5.92 Å². The molecule has 0 aliphatic heterocycles. The molecule has 3 heteroatoms. The van der Waals surface area contributed by atoms with Gasteiger partial charge >= 0.3 is 0 Å². The summed E-state index contributed by atoms with van der Waals surface area (Å²) in [4.78, 5) is 2.03. The van der Waals surface area contributed by atoms with Crippen molar-refractivity contribution >= 4 is 11.3 Å². The number of hydrogen-bond donors (Lipinski definition) is 1. The molecular weight excluding hydrogens is 204 g/mol. The van der Waals surface area contributed by atoms with E-state index in [2.05, 4.69) is 32.2 Å². The Hall–Kier alpha value is -0.850. The Morgan fingerprint density at radius 1 is 1.40 bits per heavy atom. The lowest BCUT2D eigenvalue weighted by atomic mass is 9.98. The Labute approximate surface area is 95.9 Å². The molecule has 0 radical (unpaired) electrons. The molecule has 1 rings (SSSR count). The van der Waals surface area contributed by atoms with Gasteiger partial charge in [-0.15, -0.1) is 11.3 Å². The van der Waals surface area contributed by atoms with E-state index < -0.39 is 0 Å². The van der Waals surface area contributed by atoms with Crippen LogP contribution < -0.4 is 5.32 Å². The molecule has 0 saturated heterocycles. The van der Waals surface area contributed by atoms with Gasteiger partial charge in [-0.1, -0.05) is 20.8 Å². The highest BCUT2D eigenvalue weighted by molar-refractivity contribution is 7.12. The third-order valence-corrected chi connectivity index (χ3v) is 3.67. The van der Waals surface area contributed by atoms with Gasteiger partial charge in [-0.05, 0) is 30.5 Å². The van der Waals surface area contributed by atoms with Gasteiger partial charge in [0.2, 0.25) is 0 Å². The highest BCUT2D eigenvalue weighted by atomic mass is 32.1. The van der Waals surface area contributed by atoms with E-state index in [0.717, 1.165) is 23.9 Å². The molecule has 82 valence electrons. The van der Waals surface area contributed by atoms with E-state index in [4.69, 9.17) is 5.26 Å². The number of nitriles is 1. The topological polar surface area (TPSA) is 35.8 Å². The maximum atomic E-state index is 8.68. The quantitative estimate of drug-likeness (QED) is 0.831. The molecule has 1 N–H and O–H groups in total. The van der Waals surface area contributed by atoms with Crippen LogP contribution in [-0.4, -0.2) is 6.54 Å². The zero-order valence-electron chi connectivity index (χ0n) is 9.58. The summed E-state index contributed by atoms with van der Waals surface area (Å²) in [5, 5.41) is 12.1. The molecule has 0 spiro atoms. The first-order chi connectivity index (χ1) is 7.13. The van der Waals surface area contributed by atoms with E-state index in [1.807, 2.05) is 12.1 Å². The summed E-state index contributed by atoms with van der Waals surface area (Å²) in [6.45, 7) is 8.66. The molecule has 1 aromatic rings. The van der Waals surface area contributed by atoms with Gasteiger partial charge < -0.3 is 5.32 Å². The van der Waals surface area contributed by atoms with Crippen LogP contribution >= 0.6 is 11.3 Å². The van der Waals surface area contributed by atoms with Crippen molar-refractivity contribution in [2.45, 2.75) is 27.3 Å². The van der Waals surface area contributed by atoms with Crippen molar-refractivity contribution in [2.75, 3.05) is 6.54 Å². The second kappa shape index (κ2) is 5.89. The smallest absolute Gasteiger partial charge is 0.110 e. The maximum Gasteiger partial charge on any atom is 0.110 e. The van der Waals surface area contributed by atoms with E-state index in [9.17, 15) is 0 Å². The van der Waals surface area contributed by atoms with E-state index in [1.165, 1.54) is 4.88 Å². The molecule has 1 aromatic heterocycles. The minimum Gasteiger partial charge on any atom is -0.312 e. The Bertz CT molecular complexity index is 336. The maximum absolute atomic E-state index is 8.68. The summed E-state index contributed by atoms with van der Waals surface area (Å²) >= 11 is 1.57. The van der Waals surface area contributed by atoms with Gasteiger partial charge in [0.05, 0.1) is 0 Å². The second-order valence-corrected chi connectivity index (χ2v) is 5.40. The molecule has 0 aliphatic carbocycles. The molecule has 0 amide bonds. The predicted molar refractivity (Wildman–Crippen MR) is 64.7 cm³/mol. The minimum atomic E-state index is 0.695. The Kier molecular flexibility index (Phi) is 4.80. The second-order valence-electron chi connectivity index (χ2n) is 4.23. The SMILES string of the molecule is CC(C)C(C)CNCc1ccc(C#N)s1. The third-order valence-electron chi connectivity index (χ3n) is 2.68. The largest absolute Gasteiger partial charge is 0.312 e. The fourth-order valence-corrected chi connectivity index (χ4v) is 1.97. The van der Waals surface area contributed by atoms with Gasteiger partial charge in [-0.2, -0.15) is 5.26 Å². The average Bonchev–Trinajstić information content (AvgIpc) is 2.65. The molecule has 0 saturated carbocycles. The average molecular weight is 222 g/mol. The van der Waals surface area contributed by atoms with Crippen LogP contribution in [0.2, 0.25) is 0 Å². The predicted octanol–water partition coefficient (Wildman–Crippen LogP) is 3.00. The summed E-state index contributed by atoms with van der Waals surface area (Å²) < 4.78 is 0. The Balaban J connectivity index is 2.29. The first kappa shape index (κ1) is 12.2. The molecule has 0 aliphatic rings. The van der Waals surface area contributed by atoms with Crippen molar-refractivity contribution in [1.82, 2.24) is 5.32 Å². The summed E-state index contributed by atoms with van der Waals surface area (Å²) in [6.07, 6.45) is 0. The molecule has 2 nitrogen and oxygen atoms in total. The van der Waals surface area contributed by atoms with E-state index in [1.54, 1.807) is 11.3 Å². The lowest BCUT2D eigenvalue weighted by Crippen LogP contribution is -2.23. The zero-order chi connectivity index (χ0) is 11.3. The summed E-state index contributed by atoms with van der Waals surface area (Å²) in [7, 11) is 0. The van der Waals surface area contributed by atoms with Crippen LogP contribution in [0.25, 0.3) is 0 Å². The van der Waals surface area contributed by atoms with Crippen LogP contribution in [0.5, 0.6) is 0 Å². The van der Waals surface area contributed by atoms with Crippen molar-refractivity contribution in [1.29, 1.82) is 5.26 Å². The van der Waals surface area contributed by atoms with Crippen LogP contribution in [0.1, 0.15) is 30.5 Å². The van der Waals surface area contributed by atoms with Crippen molar-refractivity contribution in [3.8, 4) is 6.07 Å². The lowest BCUT2D eigenvalue weighted by Gasteiger charge is -2.15. The lowest BCUT2D eigenvalue weighted by molar-refractivity contribution is 0.393. The van der Waals surface area contributed by atoms with Gasteiger partial charge in [-0.3, -0.25) is 0 Å². The highest BCUT2D eigenvalue weighted by Gasteiger charge is 2.06. The van der Waals surface area contributed by atoms with Crippen molar-refractivity contribution in [2.24, 2.45) is 11.8 Å². The van der Waals surface area contributed by atoms with E-state index >= 15 is 0 Å². The number of hydrogen-bond acceptors (Lipinski definition) is 3. The van der Waals surface area contributed by atoms with Crippen LogP contribution in [0, 0.1) is 23.2 Å². The standard InChI is InChI=1S/C12H18N2S/c1-9(2)10(3)7-14-8-12-5-4-11(6-13)15-12/h4-5,9-10,14H,7-8H2,1-3H3. The summed E-state index contributed by atoms with van der Waals surface area (Å²) in [5.41, 5.74) is 0. The van der Waals surface area contributed by atoms with Crippen LogP contribution in [0.3, 0.4) is 0 Å². The molecule has 0 aromatic carbocycles. The van der Waals surface area contributed by atoms with Gasteiger partial charge in [0.1, 0.15) is 10.9 Å². The molecule has 0 fully saturated rings. The third kappa shape index (κ3) is 4.03. The minimum absolute atomic E-state index is 0.695. The monoisotopic (exact) mass is 222 g/mol. The number of thiophene rings is 1. The Morgan fingerprint density at radius 2 is 2.13 bits per heavy atom. The summed E-state index contributed by atoms with van der Waals surface area (Å²) in [5.74, 6) is 1.41. The van der Waals surface area contributed by atoms with Gasteiger partial charge in [0.25, 0.3) is 0 Å². The molecule has 1 unspecified atom stereocenters. The molecule has 1 heterocycles. The number of nitrogens with one attached hydrogen (secondary N) is 1. The van der Waals surface area contributed by atoms with Crippen molar-refractivity contribution in [3.63, 3.8) is 0 Å². The van der Waals surface area contributed by atoms with Gasteiger partial charge in [-0.25, -0.2) is 0 Å². The normalized spacial score (nSPS) is 12.7. The zero-order valence-corrected chi connectivity index (χ0v) is 10.4.